The lowest BCUT2D eigenvalue weighted by Gasteiger charge is -1.98. The molecule has 1 aromatic heterocycles. The highest BCUT2D eigenvalue weighted by molar-refractivity contribution is 5.75. The van der Waals surface area contributed by atoms with E-state index >= 15 is 0 Å². The van der Waals surface area contributed by atoms with E-state index in [0.717, 1.165) is 0 Å². The molecule has 0 bridgehead atoms. The van der Waals surface area contributed by atoms with E-state index in [2.05, 4.69) is 14.2 Å². The van der Waals surface area contributed by atoms with Crippen molar-refractivity contribution >= 4 is 5.91 Å². The van der Waals surface area contributed by atoms with Gasteiger partial charge in [-0.1, -0.05) is 6.92 Å². The van der Waals surface area contributed by atoms with Gasteiger partial charge in [0.05, 0.1) is 6.54 Å². The summed E-state index contributed by atoms with van der Waals surface area (Å²) in [6.45, 7) is 3.55. The van der Waals surface area contributed by atoms with Crippen LogP contribution in [0.15, 0.2) is 13.6 Å². The fraction of sp³-hybridized carbons (Fsp3) is 0.500. The van der Waals surface area contributed by atoms with Crippen molar-refractivity contribution in [1.29, 1.82) is 0 Å². The Labute approximate surface area is 74.7 Å². The van der Waals surface area contributed by atoms with E-state index in [-0.39, 0.29) is 12.5 Å². The average molecular weight is 185 g/mol. The second-order valence-electron chi connectivity index (χ2n) is 2.56. The molecule has 1 amide bonds. The van der Waals surface area contributed by atoms with E-state index in [4.69, 9.17) is 0 Å². The van der Waals surface area contributed by atoms with E-state index in [0.29, 0.717) is 17.9 Å². The lowest BCUT2D eigenvalue weighted by molar-refractivity contribution is -0.121. The van der Waals surface area contributed by atoms with Gasteiger partial charge in [-0.3, -0.25) is 4.79 Å². The molecule has 1 heterocycles. The molecule has 72 valence electrons. The zero-order valence-electron chi connectivity index (χ0n) is 7.55. The SMILES string of the molecule is CCC(=O)NCc1oc(=O)oc1C. The summed E-state index contributed by atoms with van der Waals surface area (Å²) in [4.78, 5) is 21.4. The fourth-order valence-electron chi connectivity index (χ4n) is 0.840. The molecule has 1 aromatic rings. The summed E-state index contributed by atoms with van der Waals surface area (Å²) in [6.07, 6.45) is 0.404. The number of hydrogen-bond donors (Lipinski definition) is 1. The molecule has 0 spiro atoms. The summed E-state index contributed by atoms with van der Waals surface area (Å²) >= 11 is 0. The maximum atomic E-state index is 10.8. The van der Waals surface area contributed by atoms with Crippen molar-refractivity contribution in [2.24, 2.45) is 0 Å². The van der Waals surface area contributed by atoms with Gasteiger partial charge in [-0.25, -0.2) is 4.79 Å². The number of hydrogen-bond acceptors (Lipinski definition) is 4. The van der Waals surface area contributed by atoms with Gasteiger partial charge >= 0.3 is 5.82 Å². The van der Waals surface area contributed by atoms with E-state index in [9.17, 15) is 9.59 Å². The third-order valence-electron chi connectivity index (χ3n) is 1.60. The zero-order valence-corrected chi connectivity index (χ0v) is 7.55. The van der Waals surface area contributed by atoms with Crippen molar-refractivity contribution in [3.63, 3.8) is 0 Å². The van der Waals surface area contributed by atoms with Crippen LogP contribution >= 0.6 is 0 Å². The van der Waals surface area contributed by atoms with E-state index in [1.54, 1.807) is 13.8 Å². The van der Waals surface area contributed by atoms with Gasteiger partial charge in [0.25, 0.3) is 0 Å². The quantitative estimate of drug-likeness (QED) is 0.747. The van der Waals surface area contributed by atoms with Gasteiger partial charge < -0.3 is 14.2 Å². The van der Waals surface area contributed by atoms with Gasteiger partial charge in [0.15, 0.2) is 5.76 Å². The monoisotopic (exact) mass is 185 g/mol. The summed E-state index contributed by atoms with van der Waals surface area (Å²) in [6, 6.07) is 0. The second-order valence-corrected chi connectivity index (χ2v) is 2.56. The van der Waals surface area contributed by atoms with Crippen LogP contribution in [0, 0.1) is 6.92 Å². The van der Waals surface area contributed by atoms with E-state index in [1.165, 1.54) is 0 Å². The summed E-state index contributed by atoms with van der Waals surface area (Å²) in [5.74, 6) is -0.0605. The first-order valence-electron chi connectivity index (χ1n) is 3.99. The van der Waals surface area contributed by atoms with Crippen LogP contribution < -0.4 is 11.1 Å². The number of rotatable bonds is 3. The lowest BCUT2D eigenvalue weighted by Crippen LogP contribution is -2.21. The molecule has 0 radical (unpaired) electrons. The Morgan fingerprint density at radius 1 is 1.46 bits per heavy atom. The van der Waals surface area contributed by atoms with Crippen molar-refractivity contribution in [1.82, 2.24) is 5.32 Å². The lowest BCUT2D eigenvalue weighted by atomic mass is 10.3. The Kier molecular flexibility index (Phi) is 2.89. The van der Waals surface area contributed by atoms with Crippen molar-refractivity contribution in [3.8, 4) is 0 Å². The zero-order chi connectivity index (χ0) is 9.84. The molecule has 0 atom stereocenters. The molecule has 0 fully saturated rings. The van der Waals surface area contributed by atoms with Gasteiger partial charge in [0.1, 0.15) is 5.76 Å². The van der Waals surface area contributed by atoms with Crippen molar-refractivity contribution in [2.45, 2.75) is 26.8 Å². The predicted molar refractivity (Wildman–Crippen MR) is 44.1 cm³/mol. The molecular weight excluding hydrogens is 174 g/mol. The van der Waals surface area contributed by atoms with Crippen LogP contribution in [0.1, 0.15) is 24.9 Å². The summed E-state index contributed by atoms with van der Waals surface area (Å²) in [7, 11) is 0. The van der Waals surface area contributed by atoms with Crippen LogP contribution in [0.4, 0.5) is 0 Å². The number of amides is 1. The number of nitrogens with one attached hydrogen (secondary N) is 1. The molecule has 1 rings (SSSR count). The van der Waals surface area contributed by atoms with Gasteiger partial charge in [0.2, 0.25) is 5.91 Å². The highest BCUT2D eigenvalue weighted by Crippen LogP contribution is 2.03. The van der Waals surface area contributed by atoms with Gasteiger partial charge in [0, 0.05) is 6.42 Å². The molecule has 1 N–H and O–H groups in total. The van der Waals surface area contributed by atoms with Crippen molar-refractivity contribution in [3.05, 3.63) is 22.1 Å². The van der Waals surface area contributed by atoms with Crippen LogP contribution in [0.3, 0.4) is 0 Å². The van der Waals surface area contributed by atoms with Crippen LogP contribution in [-0.2, 0) is 11.3 Å². The Morgan fingerprint density at radius 2 is 2.15 bits per heavy atom. The van der Waals surface area contributed by atoms with Crippen molar-refractivity contribution in [2.75, 3.05) is 0 Å². The molecule has 0 aromatic carbocycles. The Balaban J connectivity index is 2.59. The molecule has 0 unspecified atom stereocenters. The molecular formula is C8H11NO4. The number of carbonyl (C=O) groups excluding carboxylic acids is 1. The standard InChI is InChI=1S/C8H11NO4/c1-3-7(10)9-4-6-5(2)12-8(11)13-6/h3-4H2,1-2H3,(H,9,10). The van der Waals surface area contributed by atoms with Gasteiger partial charge in [-0.05, 0) is 6.92 Å². The third kappa shape index (κ3) is 2.47. The minimum Gasteiger partial charge on any atom is -0.396 e. The Morgan fingerprint density at radius 3 is 2.62 bits per heavy atom. The molecule has 5 heteroatoms. The molecule has 0 aliphatic rings. The molecule has 0 aliphatic carbocycles. The highest BCUT2D eigenvalue weighted by atomic mass is 16.6. The summed E-state index contributed by atoms with van der Waals surface area (Å²) < 4.78 is 9.28. The molecule has 5 nitrogen and oxygen atoms in total. The maximum absolute atomic E-state index is 10.8. The fourth-order valence-corrected chi connectivity index (χ4v) is 0.840. The smallest absolute Gasteiger partial charge is 0.396 e. The largest absolute Gasteiger partial charge is 0.519 e. The van der Waals surface area contributed by atoms with E-state index < -0.39 is 5.82 Å². The van der Waals surface area contributed by atoms with Crippen LogP contribution in [0.2, 0.25) is 0 Å². The van der Waals surface area contributed by atoms with Crippen molar-refractivity contribution < 1.29 is 13.6 Å². The number of carbonyl (C=O) groups is 1. The highest BCUT2D eigenvalue weighted by Gasteiger charge is 2.08. The minimum atomic E-state index is -0.738. The molecule has 13 heavy (non-hydrogen) atoms. The normalized spacial score (nSPS) is 10.0. The number of aryl methyl sites for hydroxylation is 1. The van der Waals surface area contributed by atoms with Crippen LogP contribution in [-0.4, -0.2) is 5.91 Å². The maximum Gasteiger partial charge on any atom is 0.519 e. The first-order valence-corrected chi connectivity index (χ1v) is 3.99. The summed E-state index contributed by atoms with van der Waals surface area (Å²) in [5, 5.41) is 2.57. The van der Waals surface area contributed by atoms with Crippen LogP contribution in [0.25, 0.3) is 0 Å². The first-order chi connectivity index (χ1) is 6.13. The Hall–Kier alpha value is -1.52. The second kappa shape index (κ2) is 3.93. The van der Waals surface area contributed by atoms with Gasteiger partial charge in [-0.2, -0.15) is 0 Å². The topological polar surface area (TPSA) is 72.5 Å². The molecule has 0 saturated heterocycles. The first kappa shape index (κ1) is 9.57. The Bertz CT molecular complexity index is 349. The summed E-state index contributed by atoms with van der Waals surface area (Å²) in [5.41, 5.74) is 0. The van der Waals surface area contributed by atoms with E-state index in [1.807, 2.05) is 0 Å². The molecule has 0 aliphatic heterocycles. The average Bonchev–Trinajstić information content (AvgIpc) is 2.41. The minimum absolute atomic E-state index is 0.0942. The van der Waals surface area contributed by atoms with Crippen LogP contribution in [0.5, 0.6) is 0 Å². The predicted octanol–water partition coefficient (Wildman–Crippen LogP) is 0.567. The molecule has 0 saturated carbocycles. The third-order valence-corrected chi connectivity index (χ3v) is 1.60. The van der Waals surface area contributed by atoms with Gasteiger partial charge in [-0.15, -0.1) is 0 Å².